The summed E-state index contributed by atoms with van der Waals surface area (Å²) in [6.07, 6.45) is 9.44. The molecule has 112 valence electrons. The zero-order chi connectivity index (χ0) is 15.0. The number of hydrogen-bond acceptors (Lipinski definition) is 2. The fourth-order valence-corrected chi connectivity index (χ4v) is 2.31. The molecule has 0 bridgehead atoms. The molecule has 1 aliphatic carbocycles. The Morgan fingerprint density at radius 3 is 2.60 bits per heavy atom. The Kier molecular flexibility index (Phi) is 7.05. The Balaban J connectivity index is 2.56. The summed E-state index contributed by atoms with van der Waals surface area (Å²) in [6, 6.07) is 0. The molecule has 0 fully saturated rings. The predicted octanol–water partition coefficient (Wildman–Crippen LogP) is 3.15. The molecule has 0 spiro atoms. The quantitative estimate of drug-likeness (QED) is 0.575. The second-order valence-electron chi connectivity index (χ2n) is 5.55. The van der Waals surface area contributed by atoms with Crippen LogP contribution in [0.3, 0.4) is 0 Å². The lowest BCUT2D eigenvalue weighted by molar-refractivity contribution is -0.137. The van der Waals surface area contributed by atoms with Crippen molar-refractivity contribution in [2.24, 2.45) is 0 Å². The van der Waals surface area contributed by atoms with Crippen LogP contribution in [0.25, 0.3) is 0 Å². The lowest BCUT2D eigenvalue weighted by Gasteiger charge is -2.22. The molecule has 1 rings (SSSR count). The van der Waals surface area contributed by atoms with Crippen LogP contribution in [0.15, 0.2) is 23.3 Å². The fraction of sp³-hybridized carbons (Fsp3) is 0.625. The molecule has 4 nitrogen and oxygen atoms in total. The van der Waals surface area contributed by atoms with Gasteiger partial charge in [-0.05, 0) is 46.0 Å². The monoisotopic (exact) mass is 279 g/mol. The number of nitrogens with zero attached hydrogens (tertiary/aromatic N) is 1. The Morgan fingerprint density at radius 2 is 2.05 bits per heavy atom. The molecular weight excluding hydrogens is 254 g/mol. The van der Waals surface area contributed by atoms with Gasteiger partial charge >= 0.3 is 5.97 Å². The van der Waals surface area contributed by atoms with Crippen molar-refractivity contribution in [3.8, 4) is 0 Å². The summed E-state index contributed by atoms with van der Waals surface area (Å²) < 4.78 is 0. The first-order valence-corrected chi connectivity index (χ1v) is 7.32. The van der Waals surface area contributed by atoms with E-state index in [1.165, 1.54) is 18.4 Å². The third-order valence-corrected chi connectivity index (χ3v) is 3.41. The topological polar surface area (TPSA) is 57.6 Å². The highest BCUT2D eigenvalue weighted by Gasteiger charge is 2.14. The average Bonchev–Trinajstić information content (AvgIpc) is 2.38. The Hall–Kier alpha value is -1.58. The van der Waals surface area contributed by atoms with Crippen molar-refractivity contribution in [1.82, 2.24) is 4.90 Å². The maximum Gasteiger partial charge on any atom is 0.305 e. The molecular formula is C16H25NO3. The fourth-order valence-electron chi connectivity index (χ4n) is 2.31. The first-order chi connectivity index (χ1) is 9.49. The van der Waals surface area contributed by atoms with E-state index in [4.69, 9.17) is 5.11 Å². The molecule has 1 N–H and O–H groups in total. The maximum atomic E-state index is 12.1. The molecule has 0 saturated heterocycles. The van der Waals surface area contributed by atoms with E-state index in [9.17, 15) is 9.59 Å². The molecule has 0 saturated carbocycles. The minimum Gasteiger partial charge on any atom is -0.481 e. The number of carboxylic acid groups (broad SMARTS) is 1. The number of rotatable bonds is 7. The van der Waals surface area contributed by atoms with Crippen LogP contribution >= 0.6 is 0 Å². The lowest BCUT2D eigenvalue weighted by Crippen LogP contribution is -2.33. The first kappa shape index (κ1) is 16.5. The van der Waals surface area contributed by atoms with Crippen molar-refractivity contribution >= 4 is 11.9 Å². The molecule has 0 aromatic rings. The van der Waals surface area contributed by atoms with E-state index in [1.807, 2.05) is 13.8 Å². The van der Waals surface area contributed by atoms with Gasteiger partial charge in [0.05, 0.1) is 6.42 Å². The van der Waals surface area contributed by atoms with Crippen LogP contribution in [-0.2, 0) is 9.59 Å². The summed E-state index contributed by atoms with van der Waals surface area (Å²) in [6.45, 7) is 4.64. The Labute approximate surface area is 121 Å². The molecule has 1 amide bonds. The number of hydrogen-bond donors (Lipinski definition) is 1. The van der Waals surface area contributed by atoms with E-state index in [0.29, 0.717) is 6.54 Å². The van der Waals surface area contributed by atoms with Crippen LogP contribution in [-0.4, -0.2) is 35.0 Å². The molecule has 0 unspecified atom stereocenters. The van der Waals surface area contributed by atoms with Gasteiger partial charge in [-0.15, -0.1) is 0 Å². The maximum absolute atomic E-state index is 12.1. The summed E-state index contributed by atoms with van der Waals surface area (Å²) in [5, 5.41) is 8.78. The second-order valence-corrected chi connectivity index (χ2v) is 5.55. The van der Waals surface area contributed by atoms with E-state index in [-0.39, 0.29) is 18.9 Å². The van der Waals surface area contributed by atoms with Gasteiger partial charge in [0.15, 0.2) is 0 Å². The van der Waals surface area contributed by atoms with Gasteiger partial charge in [-0.1, -0.05) is 17.2 Å². The number of allylic oxidation sites excluding steroid dienone is 2. The summed E-state index contributed by atoms with van der Waals surface area (Å²) in [5.41, 5.74) is 2.34. The number of aliphatic carboxylic acids is 1. The van der Waals surface area contributed by atoms with Crippen LogP contribution < -0.4 is 0 Å². The van der Waals surface area contributed by atoms with Crippen molar-refractivity contribution in [2.45, 2.75) is 52.4 Å². The highest BCUT2D eigenvalue weighted by molar-refractivity contribution is 5.88. The van der Waals surface area contributed by atoms with E-state index < -0.39 is 5.97 Å². The van der Waals surface area contributed by atoms with Crippen LogP contribution in [0, 0.1) is 0 Å². The van der Waals surface area contributed by atoms with Gasteiger partial charge in [0.1, 0.15) is 0 Å². The molecule has 4 heteroatoms. The lowest BCUT2D eigenvalue weighted by atomic mass is 9.97. The van der Waals surface area contributed by atoms with Crippen LogP contribution in [0.1, 0.15) is 52.4 Å². The van der Waals surface area contributed by atoms with E-state index in [2.05, 4.69) is 6.08 Å². The van der Waals surface area contributed by atoms with Gasteiger partial charge in [-0.25, -0.2) is 0 Å². The highest BCUT2D eigenvalue weighted by atomic mass is 16.4. The predicted molar refractivity (Wildman–Crippen MR) is 79.4 cm³/mol. The van der Waals surface area contributed by atoms with Gasteiger partial charge in [-0.2, -0.15) is 0 Å². The van der Waals surface area contributed by atoms with Gasteiger partial charge in [-0.3, -0.25) is 9.59 Å². The smallest absolute Gasteiger partial charge is 0.305 e. The summed E-state index contributed by atoms with van der Waals surface area (Å²) in [7, 11) is 0. The SMILES string of the molecule is CC(C)=CC(=O)N(CCC(=O)O)CCC1=CCCCC1. The van der Waals surface area contributed by atoms with Crippen LogP contribution in [0.2, 0.25) is 0 Å². The van der Waals surface area contributed by atoms with Crippen LogP contribution in [0.5, 0.6) is 0 Å². The standard InChI is InChI=1S/C16H25NO3/c1-13(2)12-15(18)17(11-9-16(19)20)10-8-14-6-4-3-5-7-14/h6,12H,3-5,7-11H2,1-2H3,(H,19,20). The number of amides is 1. The van der Waals surface area contributed by atoms with Crippen molar-refractivity contribution in [3.05, 3.63) is 23.3 Å². The molecule has 1 aliphatic rings. The summed E-state index contributed by atoms with van der Waals surface area (Å²) >= 11 is 0. The highest BCUT2D eigenvalue weighted by Crippen LogP contribution is 2.20. The molecule has 0 radical (unpaired) electrons. The average molecular weight is 279 g/mol. The third-order valence-electron chi connectivity index (χ3n) is 3.41. The first-order valence-electron chi connectivity index (χ1n) is 7.32. The van der Waals surface area contributed by atoms with Crippen molar-refractivity contribution < 1.29 is 14.7 Å². The van der Waals surface area contributed by atoms with Gasteiger partial charge < -0.3 is 10.0 Å². The Bertz CT molecular complexity index is 406. The number of carbonyl (C=O) groups excluding carboxylic acids is 1. The minimum atomic E-state index is -0.864. The van der Waals surface area contributed by atoms with Crippen molar-refractivity contribution in [2.75, 3.05) is 13.1 Å². The minimum absolute atomic E-state index is 0.00138. The molecule has 0 heterocycles. The molecule has 0 aliphatic heterocycles. The van der Waals surface area contributed by atoms with Crippen molar-refractivity contribution in [1.29, 1.82) is 0 Å². The largest absolute Gasteiger partial charge is 0.481 e. The zero-order valence-corrected chi connectivity index (χ0v) is 12.5. The summed E-state index contributed by atoms with van der Waals surface area (Å²) in [5.74, 6) is -0.945. The number of carboxylic acids is 1. The number of carbonyl (C=O) groups is 2. The second kappa shape index (κ2) is 8.56. The van der Waals surface area contributed by atoms with Crippen molar-refractivity contribution in [3.63, 3.8) is 0 Å². The molecule has 20 heavy (non-hydrogen) atoms. The Morgan fingerprint density at radius 1 is 1.30 bits per heavy atom. The van der Waals surface area contributed by atoms with Crippen LogP contribution in [0.4, 0.5) is 0 Å². The van der Waals surface area contributed by atoms with Gasteiger partial charge in [0, 0.05) is 19.2 Å². The normalized spacial score (nSPS) is 14.4. The third kappa shape index (κ3) is 6.55. The zero-order valence-electron chi connectivity index (χ0n) is 12.5. The summed E-state index contributed by atoms with van der Waals surface area (Å²) in [4.78, 5) is 24.4. The van der Waals surface area contributed by atoms with Gasteiger partial charge in [0.25, 0.3) is 0 Å². The molecule has 0 aromatic carbocycles. The molecule has 0 atom stereocenters. The van der Waals surface area contributed by atoms with Gasteiger partial charge in [0.2, 0.25) is 5.91 Å². The van der Waals surface area contributed by atoms with E-state index in [1.54, 1.807) is 11.0 Å². The molecule has 0 aromatic heterocycles. The van der Waals surface area contributed by atoms with E-state index >= 15 is 0 Å². The van der Waals surface area contributed by atoms with E-state index in [0.717, 1.165) is 24.8 Å².